The number of hydrogen-bond acceptors (Lipinski definition) is 3. The molecule has 7 heteroatoms. The minimum Gasteiger partial charge on any atom is -0.355 e. The SMILES string of the molecule is Cc1cc(C)c(CN2CCN(CC(=O)NCCCc3ccccc3)S2(=O)=O)c(C)c1. The van der Waals surface area contributed by atoms with Crippen LogP contribution in [0, 0.1) is 20.8 Å². The van der Waals surface area contributed by atoms with Crippen LogP contribution in [0.2, 0.25) is 0 Å². The zero-order valence-corrected chi connectivity index (χ0v) is 18.8. The van der Waals surface area contributed by atoms with Crippen LogP contribution in [0.1, 0.15) is 34.2 Å². The summed E-state index contributed by atoms with van der Waals surface area (Å²) < 4.78 is 28.6. The summed E-state index contributed by atoms with van der Waals surface area (Å²) in [5, 5.41) is 2.84. The molecule has 0 radical (unpaired) electrons. The van der Waals surface area contributed by atoms with E-state index in [4.69, 9.17) is 0 Å². The van der Waals surface area contributed by atoms with Gasteiger partial charge in [0.15, 0.2) is 0 Å². The third-order valence-corrected chi connectivity index (χ3v) is 7.48. The summed E-state index contributed by atoms with van der Waals surface area (Å²) in [5.74, 6) is -0.254. The average Bonchev–Trinajstić information content (AvgIpc) is 2.96. The number of carbonyl (C=O) groups excluding carboxylic acids is 1. The van der Waals surface area contributed by atoms with Gasteiger partial charge in [-0.15, -0.1) is 0 Å². The lowest BCUT2D eigenvalue weighted by Gasteiger charge is -2.20. The molecule has 1 aliphatic heterocycles. The van der Waals surface area contributed by atoms with Crippen molar-refractivity contribution >= 4 is 16.1 Å². The molecule has 3 rings (SSSR count). The third kappa shape index (κ3) is 5.47. The molecule has 0 atom stereocenters. The van der Waals surface area contributed by atoms with E-state index in [1.54, 1.807) is 0 Å². The van der Waals surface area contributed by atoms with Crippen LogP contribution in [0.25, 0.3) is 0 Å². The lowest BCUT2D eigenvalue weighted by atomic mass is 10.00. The first-order valence-corrected chi connectivity index (χ1v) is 11.8. The van der Waals surface area contributed by atoms with Gasteiger partial charge in [0.25, 0.3) is 10.2 Å². The van der Waals surface area contributed by atoms with Crippen molar-refractivity contribution in [3.05, 3.63) is 70.3 Å². The van der Waals surface area contributed by atoms with E-state index in [0.29, 0.717) is 26.2 Å². The van der Waals surface area contributed by atoms with Crippen LogP contribution in [0.4, 0.5) is 0 Å². The number of rotatable bonds is 8. The molecule has 162 valence electrons. The molecule has 1 N–H and O–H groups in total. The molecular weight excluding hydrogens is 398 g/mol. The largest absolute Gasteiger partial charge is 0.355 e. The molecule has 0 saturated carbocycles. The second kappa shape index (κ2) is 9.73. The Bertz CT molecular complexity index is 967. The fraction of sp³-hybridized carbons (Fsp3) is 0.435. The predicted octanol–water partition coefficient (Wildman–Crippen LogP) is 2.72. The first kappa shape index (κ1) is 22.5. The maximum absolute atomic E-state index is 12.9. The van der Waals surface area contributed by atoms with E-state index in [1.807, 2.05) is 39.0 Å². The first-order chi connectivity index (χ1) is 14.3. The number of aryl methyl sites for hydroxylation is 4. The molecule has 0 bridgehead atoms. The molecule has 0 spiro atoms. The molecule has 1 heterocycles. The van der Waals surface area contributed by atoms with Gasteiger partial charge in [0.1, 0.15) is 0 Å². The molecule has 1 aliphatic rings. The molecule has 30 heavy (non-hydrogen) atoms. The van der Waals surface area contributed by atoms with Crippen molar-refractivity contribution in [3.63, 3.8) is 0 Å². The van der Waals surface area contributed by atoms with E-state index in [0.717, 1.165) is 29.5 Å². The van der Waals surface area contributed by atoms with Gasteiger partial charge in [-0.2, -0.15) is 17.0 Å². The Morgan fingerprint density at radius 1 is 1.00 bits per heavy atom. The van der Waals surface area contributed by atoms with Crippen LogP contribution in [-0.2, 0) is 28.0 Å². The van der Waals surface area contributed by atoms with Crippen LogP contribution in [0.15, 0.2) is 42.5 Å². The number of hydrogen-bond donors (Lipinski definition) is 1. The van der Waals surface area contributed by atoms with Gasteiger partial charge in [0, 0.05) is 26.2 Å². The highest BCUT2D eigenvalue weighted by atomic mass is 32.2. The highest BCUT2D eigenvalue weighted by Gasteiger charge is 2.37. The maximum Gasteiger partial charge on any atom is 0.282 e. The van der Waals surface area contributed by atoms with E-state index < -0.39 is 10.2 Å². The number of nitrogens with zero attached hydrogens (tertiary/aromatic N) is 2. The van der Waals surface area contributed by atoms with Crippen molar-refractivity contribution < 1.29 is 13.2 Å². The zero-order valence-electron chi connectivity index (χ0n) is 18.0. The fourth-order valence-electron chi connectivity index (χ4n) is 3.96. The highest BCUT2D eigenvalue weighted by Crippen LogP contribution is 2.23. The topological polar surface area (TPSA) is 69.7 Å². The molecule has 0 aliphatic carbocycles. The van der Waals surface area contributed by atoms with Crippen LogP contribution in [0.3, 0.4) is 0 Å². The van der Waals surface area contributed by atoms with Crippen molar-refractivity contribution in [2.45, 2.75) is 40.2 Å². The van der Waals surface area contributed by atoms with Crippen molar-refractivity contribution in [2.24, 2.45) is 0 Å². The average molecular weight is 430 g/mol. The van der Waals surface area contributed by atoms with Crippen molar-refractivity contribution in [2.75, 3.05) is 26.2 Å². The highest BCUT2D eigenvalue weighted by molar-refractivity contribution is 7.87. The van der Waals surface area contributed by atoms with Gasteiger partial charge in [0.05, 0.1) is 6.54 Å². The minimum atomic E-state index is -3.63. The van der Waals surface area contributed by atoms with Crippen LogP contribution in [0.5, 0.6) is 0 Å². The second-order valence-corrected chi connectivity index (χ2v) is 9.92. The summed E-state index contributed by atoms with van der Waals surface area (Å²) in [6.45, 7) is 7.55. The van der Waals surface area contributed by atoms with E-state index in [2.05, 4.69) is 29.6 Å². The minimum absolute atomic E-state index is 0.129. The summed E-state index contributed by atoms with van der Waals surface area (Å²) >= 11 is 0. The van der Waals surface area contributed by atoms with Gasteiger partial charge in [-0.25, -0.2) is 0 Å². The summed E-state index contributed by atoms with van der Waals surface area (Å²) in [6, 6.07) is 14.2. The number of carbonyl (C=O) groups is 1. The third-order valence-electron chi connectivity index (χ3n) is 5.55. The predicted molar refractivity (Wildman–Crippen MR) is 119 cm³/mol. The monoisotopic (exact) mass is 429 g/mol. The molecule has 1 fully saturated rings. The van der Waals surface area contributed by atoms with Crippen LogP contribution >= 0.6 is 0 Å². The quantitative estimate of drug-likeness (QED) is 0.656. The Kier molecular flexibility index (Phi) is 7.28. The Hall–Kier alpha value is -2.22. The summed E-state index contributed by atoms with van der Waals surface area (Å²) in [5.41, 5.74) is 5.63. The lowest BCUT2D eigenvalue weighted by molar-refractivity contribution is -0.121. The normalized spacial score (nSPS) is 16.6. The molecule has 2 aromatic rings. The molecule has 0 unspecified atom stereocenters. The number of amides is 1. The molecule has 2 aromatic carbocycles. The lowest BCUT2D eigenvalue weighted by Crippen LogP contribution is -2.40. The van der Waals surface area contributed by atoms with E-state index >= 15 is 0 Å². The van der Waals surface area contributed by atoms with E-state index in [1.165, 1.54) is 19.7 Å². The Labute approximate surface area is 180 Å². The van der Waals surface area contributed by atoms with Gasteiger partial charge >= 0.3 is 0 Å². The molecule has 0 aromatic heterocycles. The number of nitrogens with one attached hydrogen (secondary N) is 1. The van der Waals surface area contributed by atoms with Crippen LogP contribution < -0.4 is 5.32 Å². The molecular formula is C23H31N3O3S. The standard InChI is InChI=1S/C23H31N3O3S/c1-18-14-19(2)22(20(3)15-18)16-25-12-13-26(30(25,28)29)17-23(27)24-11-7-10-21-8-5-4-6-9-21/h4-6,8-9,14-15H,7,10-13,16-17H2,1-3H3,(H,24,27). The second-order valence-electron chi connectivity index (χ2n) is 7.99. The zero-order chi connectivity index (χ0) is 21.7. The van der Waals surface area contributed by atoms with Crippen molar-refractivity contribution in [1.29, 1.82) is 0 Å². The van der Waals surface area contributed by atoms with Crippen molar-refractivity contribution in [1.82, 2.24) is 13.9 Å². The number of benzene rings is 2. The van der Waals surface area contributed by atoms with Gasteiger partial charge in [0.2, 0.25) is 5.91 Å². The maximum atomic E-state index is 12.9. The van der Waals surface area contributed by atoms with Gasteiger partial charge in [-0.3, -0.25) is 4.79 Å². The summed E-state index contributed by atoms with van der Waals surface area (Å²) in [7, 11) is -3.63. The van der Waals surface area contributed by atoms with Gasteiger partial charge in [-0.1, -0.05) is 48.0 Å². The summed E-state index contributed by atoms with van der Waals surface area (Å²) in [4.78, 5) is 12.3. The first-order valence-electron chi connectivity index (χ1n) is 10.4. The van der Waals surface area contributed by atoms with Crippen LogP contribution in [-0.4, -0.2) is 49.1 Å². The Balaban J connectivity index is 1.51. The smallest absolute Gasteiger partial charge is 0.282 e. The Morgan fingerprint density at radius 2 is 1.63 bits per heavy atom. The van der Waals surface area contributed by atoms with Gasteiger partial charge < -0.3 is 5.32 Å². The molecule has 6 nitrogen and oxygen atoms in total. The van der Waals surface area contributed by atoms with E-state index in [9.17, 15) is 13.2 Å². The summed E-state index contributed by atoms with van der Waals surface area (Å²) in [6.07, 6.45) is 1.70. The van der Waals surface area contributed by atoms with Gasteiger partial charge in [-0.05, 0) is 55.9 Å². The molecule has 1 saturated heterocycles. The van der Waals surface area contributed by atoms with Crippen molar-refractivity contribution in [3.8, 4) is 0 Å². The molecule has 1 amide bonds. The Morgan fingerprint density at radius 3 is 2.30 bits per heavy atom. The fourth-order valence-corrected chi connectivity index (χ4v) is 5.48. The van der Waals surface area contributed by atoms with E-state index in [-0.39, 0.29) is 12.5 Å².